The zero-order valence-electron chi connectivity index (χ0n) is 17.3. The van der Waals surface area contributed by atoms with Crippen LogP contribution in [-0.2, 0) is 11.0 Å². The molecule has 2 aromatic carbocycles. The van der Waals surface area contributed by atoms with Crippen LogP contribution in [0.4, 0.5) is 22.0 Å². The molecule has 0 spiro atoms. The molecular formula is C24H18F5N3O. The van der Waals surface area contributed by atoms with Crippen LogP contribution in [0.25, 0.3) is 11.3 Å². The fraction of sp³-hybridized carbons (Fsp3) is 0.167. The number of amides is 1. The highest BCUT2D eigenvalue weighted by atomic mass is 19.4. The Morgan fingerprint density at radius 3 is 2.42 bits per heavy atom. The Hall–Kier alpha value is -3.75. The van der Waals surface area contributed by atoms with Gasteiger partial charge in [0.25, 0.3) is 5.91 Å². The lowest BCUT2D eigenvalue weighted by Crippen LogP contribution is -2.48. The van der Waals surface area contributed by atoms with E-state index in [4.69, 9.17) is 0 Å². The topological polar surface area (TPSA) is 44.7 Å². The van der Waals surface area contributed by atoms with Crippen LogP contribution in [-0.4, -0.2) is 22.8 Å². The Morgan fingerprint density at radius 1 is 1.06 bits per heavy atom. The molecule has 2 aliphatic heterocycles. The van der Waals surface area contributed by atoms with Gasteiger partial charge < -0.3 is 5.32 Å². The van der Waals surface area contributed by atoms with E-state index >= 15 is 0 Å². The van der Waals surface area contributed by atoms with Crippen molar-refractivity contribution in [2.24, 2.45) is 5.10 Å². The number of alkyl halides is 3. The van der Waals surface area contributed by atoms with Crippen molar-refractivity contribution in [3.05, 3.63) is 95.1 Å². The van der Waals surface area contributed by atoms with Crippen LogP contribution in [0, 0.1) is 11.6 Å². The van der Waals surface area contributed by atoms with Gasteiger partial charge in [0.15, 0.2) is 0 Å². The lowest BCUT2D eigenvalue weighted by molar-refractivity contribution is -0.137. The number of fused-ring (bicyclic) bond motifs is 1. The zero-order chi connectivity index (χ0) is 23.8. The van der Waals surface area contributed by atoms with Crippen molar-refractivity contribution in [1.82, 2.24) is 10.3 Å². The monoisotopic (exact) mass is 459 g/mol. The first-order valence-corrected chi connectivity index (χ1v) is 10.1. The average Bonchev–Trinajstić information content (AvgIpc) is 2.75. The first-order valence-electron chi connectivity index (χ1n) is 10.1. The number of carbonyl (C=O) groups is 1. The predicted octanol–water partition coefficient (Wildman–Crippen LogP) is 5.50. The first kappa shape index (κ1) is 22.4. The van der Waals surface area contributed by atoms with Gasteiger partial charge in [-0.2, -0.15) is 18.3 Å². The zero-order valence-corrected chi connectivity index (χ0v) is 17.3. The van der Waals surface area contributed by atoms with Gasteiger partial charge in [0.05, 0.1) is 11.3 Å². The molecule has 9 heteroatoms. The maximum Gasteiger partial charge on any atom is 0.416 e. The second kappa shape index (κ2) is 8.65. The maximum atomic E-state index is 14.5. The average molecular weight is 459 g/mol. The van der Waals surface area contributed by atoms with Crippen molar-refractivity contribution in [2.75, 3.05) is 0 Å². The molecule has 2 aliphatic rings. The summed E-state index contributed by atoms with van der Waals surface area (Å²) in [6.45, 7) is 1.84. The second-order valence-electron chi connectivity index (χ2n) is 7.43. The van der Waals surface area contributed by atoms with Crippen LogP contribution in [0.2, 0.25) is 0 Å². The molecule has 0 bridgehead atoms. The van der Waals surface area contributed by atoms with Crippen LogP contribution >= 0.6 is 0 Å². The molecule has 0 aromatic heterocycles. The van der Waals surface area contributed by atoms with Gasteiger partial charge in [0.2, 0.25) is 0 Å². The van der Waals surface area contributed by atoms with E-state index in [-0.39, 0.29) is 5.56 Å². The summed E-state index contributed by atoms with van der Waals surface area (Å²) >= 11 is 0. The molecule has 0 saturated carbocycles. The highest BCUT2D eigenvalue weighted by molar-refractivity contribution is 6.01. The normalized spacial score (nSPS) is 21.0. The quantitative estimate of drug-likeness (QED) is 0.616. The van der Waals surface area contributed by atoms with Crippen molar-refractivity contribution in [1.29, 1.82) is 0 Å². The van der Waals surface area contributed by atoms with E-state index in [0.29, 0.717) is 29.0 Å². The molecule has 170 valence electrons. The number of hydrazone groups is 1. The molecule has 1 atom stereocenters. The van der Waals surface area contributed by atoms with Gasteiger partial charge in [0, 0.05) is 23.4 Å². The predicted molar refractivity (Wildman–Crippen MR) is 114 cm³/mol. The van der Waals surface area contributed by atoms with Crippen LogP contribution in [0.15, 0.2) is 71.9 Å². The molecule has 0 fully saturated rings. The largest absolute Gasteiger partial charge is 0.416 e. The van der Waals surface area contributed by atoms with Crippen molar-refractivity contribution in [3.63, 3.8) is 0 Å². The van der Waals surface area contributed by atoms with Gasteiger partial charge in [-0.1, -0.05) is 25.1 Å². The van der Waals surface area contributed by atoms with Crippen LogP contribution < -0.4 is 5.32 Å². The third-order valence-corrected chi connectivity index (χ3v) is 5.22. The molecule has 4 rings (SSSR count). The summed E-state index contributed by atoms with van der Waals surface area (Å²) in [5.41, 5.74) is 0.925. The Morgan fingerprint density at radius 2 is 1.79 bits per heavy atom. The Balaban J connectivity index is 1.75. The van der Waals surface area contributed by atoms with Gasteiger partial charge in [-0.25, -0.2) is 13.8 Å². The van der Waals surface area contributed by atoms with Gasteiger partial charge in [0.1, 0.15) is 17.8 Å². The number of nitrogens with one attached hydrogen (secondary N) is 1. The number of rotatable bonds is 3. The van der Waals surface area contributed by atoms with Crippen molar-refractivity contribution in [3.8, 4) is 0 Å². The maximum absolute atomic E-state index is 14.5. The van der Waals surface area contributed by atoms with Crippen molar-refractivity contribution >= 4 is 22.9 Å². The van der Waals surface area contributed by atoms with Gasteiger partial charge >= 0.3 is 6.18 Å². The molecule has 1 amide bonds. The molecule has 2 aromatic rings. The molecule has 0 radical (unpaired) electrons. The van der Waals surface area contributed by atoms with Crippen molar-refractivity contribution < 1.29 is 26.7 Å². The Labute approximate surface area is 186 Å². The SMILES string of the molecule is CCC1=N/N2C(=O)C=C(c3ccc(C(F)(F)F)cc3)NC2C=C(c2ccc(F)cc2F)/C=C\1. The summed E-state index contributed by atoms with van der Waals surface area (Å²) in [5, 5.41) is 8.61. The number of benzene rings is 2. The molecule has 1 N–H and O–H groups in total. The minimum Gasteiger partial charge on any atom is -0.360 e. The van der Waals surface area contributed by atoms with E-state index in [9.17, 15) is 26.7 Å². The molecular weight excluding hydrogens is 441 g/mol. The molecule has 0 aliphatic carbocycles. The summed E-state index contributed by atoms with van der Waals surface area (Å²) in [4.78, 5) is 12.9. The highest BCUT2D eigenvalue weighted by Gasteiger charge is 2.32. The lowest BCUT2D eigenvalue weighted by atomic mass is 10.0. The van der Waals surface area contributed by atoms with E-state index in [2.05, 4.69) is 10.4 Å². The molecule has 4 nitrogen and oxygen atoms in total. The van der Waals surface area contributed by atoms with Crippen molar-refractivity contribution in [2.45, 2.75) is 25.7 Å². The number of carbonyl (C=O) groups excluding carboxylic acids is 1. The lowest BCUT2D eigenvalue weighted by Gasteiger charge is -2.33. The molecule has 1 unspecified atom stereocenters. The summed E-state index contributed by atoms with van der Waals surface area (Å²) in [6.07, 6.45) is 1.22. The summed E-state index contributed by atoms with van der Waals surface area (Å²) in [7, 11) is 0. The van der Waals surface area contributed by atoms with E-state index in [1.165, 1.54) is 29.3 Å². The third-order valence-electron chi connectivity index (χ3n) is 5.22. The number of halogens is 5. The Kier molecular flexibility index (Phi) is 5.88. The number of allylic oxidation sites excluding steroid dienone is 3. The third kappa shape index (κ3) is 4.72. The fourth-order valence-electron chi connectivity index (χ4n) is 3.49. The minimum absolute atomic E-state index is 0.129. The second-order valence-corrected chi connectivity index (χ2v) is 7.43. The standard InChI is InChI=1S/C24H18F5N3O/c1-2-18-9-5-15(19-10-8-17(25)12-20(19)26)11-22-30-21(13-23(33)32(22)31-18)14-3-6-16(7-4-14)24(27,28)29/h3-13,22,30H,2H2,1H3/b9-5-,15-11?,31-18-. The summed E-state index contributed by atoms with van der Waals surface area (Å²) in [6, 6.07) is 7.58. The summed E-state index contributed by atoms with van der Waals surface area (Å²) in [5.74, 6) is -1.98. The summed E-state index contributed by atoms with van der Waals surface area (Å²) < 4.78 is 66.5. The number of hydrogen-bond donors (Lipinski definition) is 1. The molecule has 2 heterocycles. The molecule has 33 heavy (non-hydrogen) atoms. The Bertz CT molecular complexity index is 1210. The van der Waals surface area contributed by atoms with Gasteiger partial charge in [-0.15, -0.1) is 0 Å². The van der Waals surface area contributed by atoms with Gasteiger partial charge in [-0.05, 0) is 54.0 Å². The molecule has 0 saturated heterocycles. The number of hydrogen-bond acceptors (Lipinski definition) is 3. The highest BCUT2D eigenvalue weighted by Crippen LogP contribution is 2.31. The first-order chi connectivity index (χ1) is 15.7. The van der Waals surface area contributed by atoms with Crippen LogP contribution in [0.5, 0.6) is 0 Å². The van der Waals surface area contributed by atoms with E-state index in [1.54, 1.807) is 18.2 Å². The van der Waals surface area contributed by atoms with Gasteiger partial charge in [-0.3, -0.25) is 4.79 Å². The smallest absolute Gasteiger partial charge is 0.360 e. The number of nitrogens with zero attached hydrogens (tertiary/aromatic N) is 2. The van der Waals surface area contributed by atoms with E-state index in [1.807, 2.05) is 6.92 Å². The van der Waals surface area contributed by atoms with Crippen LogP contribution in [0.1, 0.15) is 30.0 Å². The fourth-order valence-corrected chi connectivity index (χ4v) is 3.49. The minimum atomic E-state index is -4.48. The van der Waals surface area contributed by atoms with Crippen LogP contribution in [0.3, 0.4) is 0 Å². The van der Waals surface area contributed by atoms with E-state index in [0.717, 1.165) is 24.3 Å². The van der Waals surface area contributed by atoms with E-state index < -0.39 is 35.4 Å².